The number of carbonyl (C=O) groups excluding carboxylic acids is 2. The molecule has 7 heteroatoms. The number of benzene rings is 1. The monoisotopic (exact) mass is 326 g/mol. The third kappa shape index (κ3) is 3.62. The van der Waals surface area contributed by atoms with Crippen LogP contribution < -0.4 is 4.74 Å². The lowest BCUT2D eigenvalue weighted by Crippen LogP contribution is -2.37. The molecule has 1 heterocycles. The molecule has 1 aromatic rings. The molecule has 6 nitrogen and oxygen atoms in total. The Hall–Kier alpha value is -1.95. The van der Waals surface area contributed by atoms with Gasteiger partial charge in [0.1, 0.15) is 5.75 Å². The molecule has 0 aliphatic carbocycles. The predicted molar refractivity (Wildman–Crippen MR) is 82.5 cm³/mol. The van der Waals surface area contributed by atoms with Crippen LogP contribution in [0, 0.1) is 0 Å². The highest BCUT2D eigenvalue weighted by atomic mass is 35.5. The normalized spacial score (nSPS) is 15.2. The molecule has 22 heavy (non-hydrogen) atoms. The third-order valence-electron chi connectivity index (χ3n) is 3.61. The number of carbonyl (C=O) groups is 2. The third-order valence-corrected chi connectivity index (χ3v) is 3.91. The molecule has 1 aliphatic heterocycles. The van der Waals surface area contributed by atoms with Gasteiger partial charge in [0.05, 0.1) is 19.2 Å². The van der Waals surface area contributed by atoms with Crippen LogP contribution in [-0.4, -0.2) is 62.2 Å². The summed E-state index contributed by atoms with van der Waals surface area (Å²) in [5.74, 6) is 0.433. The number of hydrogen-bond donors (Lipinski definition) is 0. The Morgan fingerprint density at radius 2 is 1.77 bits per heavy atom. The zero-order valence-corrected chi connectivity index (χ0v) is 13.4. The van der Waals surface area contributed by atoms with Gasteiger partial charge in [-0.2, -0.15) is 0 Å². The first-order chi connectivity index (χ1) is 10.6. The molecule has 1 fully saturated rings. The molecule has 1 aliphatic rings. The van der Waals surface area contributed by atoms with Gasteiger partial charge in [-0.25, -0.2) is 4.79 Å². The molecule has 0 unspecified atom stereocenters. The maximum Gasteiger partial charge on any atom is 0.409 e. The first-order valence-corrected chi connectivity index (χ1v) is 7.40. The fraction of sp³-hybridized carbons (Fsp3) is 0.467. The minimum atomic E-state index is -0.359. The summed E-state index contributed by atoms with van der Waals surface area (Å²) in [5.41, 5.74) is 0.511. The highest BCUT2D eigenvalue weighted by Gasteiger charge is 2.23. The number of ether oxygens (including phenoxy) is 2. The molecule has 2 rings (SSSR count). The Kier molecular flexibility index (Phi) is 5.49. The standard InChI is InChI=1S/C15H19ClN2O4/c1-21-13-5-4-11(10-12(13)16)14(19)17-6-3-7-18(9-8-17)15(20)22-2/h4-5,10H,3,6-9H2,1-2H3. The van der Waals surface area contributed by atoms with Crippen LogP contribution in [-0.2, 0) is 4.74 Å². The number of amides is 2. The average Bonchev–Trinajstić information content (AvgIpc) is 2.79. The van der Waals surface area contributed by atoms with E-state index in [0.717, 1.165) is 0 Å². The molecule has 0 atom stereocenters. The summed E-state index contributed by atoms with van der Waals surface area (Å²) in [6.45, 7) is 2.11. The Morgan fingerprint density at radius 1 is 1.09 bits per heavy atom. The van der Waals surface area contributed by atoms with Crippen molar-refractivity contribution in [2.75, 3.05) is 40.4 Å². The molecule has 1 saturated heterocycles. The van der Waals surface area contributed by atoms with Crippen molar-refractivity contribution >= 4 is 23.6 Å². The van der Waals surface area contributed by atoms with Gasteiger partial charge < -0.3 is 19.3 Å². The van der Waals surface area contributed by atoms with Crippen molar-refractivity contribution in [2.45, 2.75) is 6.42 Å². The van der Waals surface area contributed by atoms with Crippen molar-refractivity contribution in [1.29, 1.82) is 0 Å². The zero-order valence-electron chi connectivity index (χ0n) is 12.7. The second kappa shape index (κ2) is 7.35. The molecule has 0 spiro atoms. The first-order valence-electron chi connectivity index (χ1n) is 7.02. The van der Waals surface area contributed by atoms with E-state index in [1.54, 1.807) is 28.0 Å². The van der Waals surface area contributed by atoms with E-state index in [1.807, 2.05) is 0 Å². The summed E-state index contributed by atoms with van der Waals surface area (Å²) in [5, 5.41) is 0.402. The largest absolute Gasteiger partial charge is 0.495 e. The van der Waals surface area contributed by atoms with E-state index < -0.39 is 0 Å². The summed E-state index contributed by atoms with van der Waals surface area (Å²) in [4.78, 5) is 27.4. The lowest BCUT2D eigenvalue weighted by molar-refractivity contribution is 0.0757. The summed E-state index contributed by atoms with van der Waals surface area (Å²) < 4.78 is 9.80. The molecule has 0 radical (unpaired) electrons. The van der Waals surface area contributed by atoms with E-state index in [-0.39, 0.29) is 12.0 Å². The quantitative estimate of drug-likeness (QED) is 0.836. The van der Waals surface area contributed by atoms with E-state index in [9.17, 15) is 9.59 Å². The predicted octanol–water partition coefficient (Wildman–Crippen LogP) is 2.26. The van der Waals surface area contributed by atoms with E-state index in [4.69, 9.17) is 21.1 Å². The first kappa shape index (κ1) is 16.4. The van der Waals surface area contributed by atoms with Crippen molar-refractivity contribution in [2.24, 2.45) is 0 Å². The van der Waals surface area contributed by atoms with Gasteiger partial charge in [0.15, 0.2) is 0 Å². The zero-order chi connectivity index (χ0) is 16.1. The van der Waals surface area contributed by atoms with Crippen LogP contribution in [0.25, 0.3) is 0 Å². The van der Waals surface area contributed by atoms with E-state index in [2.05, 4.69) is 0 Å². The lowest BCUT2D eigenvalue weighted by Gasteiger charge is -2.21. The van der Waals surface area contributed by atoms with Gasteiger partial charge in [0.25, 0.3) is 5.91 Å². The molecule has 0 aromatic heterocycles. The van der Waals surface area contributed by atoms with Crippen LogP contribution in [0.1, 0.15) is 16.8 Å². The Labute approximate surface area is 134 Å². The van der Waals surface area contributed by atoms with Crippen molar-refractivity contribution in [3.05, 3.63) is 28.8 Å². The van der Waals surface area contributed by atoms with Crippen LogP contribution in [0.2, 0.25) is 5.02 Å². The van der Waals surface area contributed by atoms with Gasteiger partial charge in [-0.15, -0.1) is 0 Å². The van der Waals surface area contributed by atoms with E-state index in [1.165, 1.54) is 14.2 Å². The summed E-state index contributed by atoms with van der Waals surface area (Å²) in [6, 6.07) is 4.97. The Morgan fingerprint density at radius 3 is 2.41 bits per heavy atom. The maximum atomic E-state index is 12.5. The summed E-state index contributed by atoms with van der Waals surface area (Å²) in [6.07, 6.45) is 0.354. The number of rotatable bonds is 2. The minimum absolute atomic E-state index is 0.101. The lowest BCUT2D eigenvalue weighted by atomic mass is 10.2. The van der Waals surface area contributed by atoms with Gasteiger partial charge in [0.2, 0.25) is 0 Å². The summed E-state index contributed by atoms with van der Waals surface area (Å²) in [7, 11) is 2.88. The van der Waals surface area contributed by atoms with Crippen LogP contribution in [0.15, 0.2) is 18.2 Å². The number of methoxy groups -OCH3 is 2. The fourth-order valence-electron chi connectivity index (χ4n) is 2.41. The SMILES string of the molecule is COC(=O)N1CCCN(C(=O)c2ccc(OC)c(Cl)c2)CC1. The van der Waals surface area contributed by atoms with Crippen LogP contribution in [0.5, 0.6) is 5.75 Å². The highest BCUT2D eigenvalue weighted by molar-refractivity contribution is 6.32. The molecule has 0 N–H and O–H groups in total. The molecule has 1 aromatic carbocycles. The maximum absolute atomic E-state index is 12.5. The molecule has 120 valence electrons. The van der Waals surface area contributed by atoms with Crippen LogP contribution in [0.3, 0.4) is 0 Å². The second-order valence-electron chi connectivity index (χ2n) is 4.95. The molecular weight excluding hydrogens is 308 g/mol. The fourth-order valence-corrected chi connectivity index (χ4v) is 2.67. The molecular formula is C15H19ClN2O4. The van der Waals surface area contributed by atoms with E-state index >= 15 is 0 Å². The highest BCUT2D eigenvalue weighted by Crippen LogP contribution is 2.25. The van der Waals surface area contributed by atoms with Crippen molar-refractivity contribution in [3.8, 4) is 5.75 Å². The molecule has 0 saturated carbocycles. The van der Waals surface area contributed by atoms with E-state index in [0.29, 0.717) is 48.9 Å². The van der Waals surface area contributed by atoms with Crippen LogP contribution in [0.4, 0.5) is 4.79 Å². The number of hydrogen-bond acceptors (Lipinski definition) is 4. The Bertz CT molecular complexity index is 564. The summed E-state index contributed by atoms with van der Waals surface area (Å²) >= 11 is 6.06. The Balaban J connectivity index is 2.06. The number of nitrogens with zero attached hydrogens (tertiary/aromatic N) is 2. The van der Waals surface area contributed by atoms with Gasteiger partial charge in [-0.05, 0) is 24.6 Å². The minimum Gasteiger partial charge on any atom is -0.495 e. The van der Waals surface area contributed by atoms with Gasteiger partial charge in [0, 0.05) is 31.7 Å². The van der Waals surface area contributed by atoms with Crippen molar-refractivity contribution in [1.82, 2.24) is 9.80 Å². The van der Waals surface area contributed by atoms with Crippen molar-refractivity contribution < 1.29 is 19.1 Å². The molecule has 0 bridgehead atoms. The van der Waals surface area contributed by atoms with Gasteiger partial charge >= 0.3 is 6.09 Å². The smallest absolute Gasteiger partial charge is 0.409 e. The topological polar surface area (TPSA) is 59.1 Å². The van der Waals surface area contributed by atoms with Gasteiger partial charge in [-0.1, -0.05) is 11.6 Å². The van der Waals surface area contributed by atoms with Gasteiger partial charge in [-0.3, -0.25) is 4.79 Å². The second-order valence-corrected chi connectivity index (χ2v) is 5.36. The van der Waals surface area contributed by atoms with Crippen LogP contribution >= 0.6 is 11.6 Å². The average molecular weight is 327 g/mol. The number of halogens is 1. The van der Waals surface area contributed by atoms with Crippen molar-refractivity contribution in [3.63, 3.8) is 0 Å². The molecule has 2 amide bonds.